The zero-order valence-corrected chi connectivity index (χ0v) is 17.6. The Balaban J connectivity index is 1.48. The van der Waals surface area contributed by atoms with Gasteiger partial charge in [-0.1, -0.05) is 24.3 Å². The number of ether oxygens (including phenoxy) is 1. The summed E-state index contributed by atoms with van der Waals surface area (Å²) in [4.78, 5) is 17.3. The first-order chi connectivity index (χ1) is 13.2. The van der Waals surface area contributed by atoms with Crippen molar-refractivity contribution in [2.45, 2.75) is 57.7 Å². The van der Waals surface area contributed by atoms with Gasteiger partial charge in [-0.25, -0.2) is 9.78 Å². The Morgan fingerprint density at radius 2 is 1.68 bits per heavy atom. The molecule has 3 aromatic rings. The number of nitrogens with one attached hydrogen (secondary N) is 1. The molecule has 0 bridgehead atoms. The van der Waals surface area contributed by atoms with Crippen molar-refractivity contribution in [2.75, 3.05) is 0 Å². The van der Waals surface area contributed by atoms with E-state index in [1.165, 1.54) is 0 Å². The van der Waals surface area contributed by atoms with Crippen LogP contribution in [0.1, 0.15) is 50.9 Å². The first kappa shape index (κ1) is 19.1. The van der Waals surface area contributed by atoms with E-state index < -0.39 is 0 Å². The number of aromatic nitrogens is 1. The first-order valence-corrected chi connectivity index (χ1v) is 10.5. The lowest BCUT2D eigenvalue weighted by Crippen LogP contribution is -2.59. The van der Waals surface area contributed by atoms with E-state index in [-0.39, 0.29) is 23.2 Å². The summed E-state index contributed by atoms with van der Waals surface area (Å²) in [6.07, 6.45) is 1.54. The Morgan fingerprint density at radius 1 is 1.04 bits per heavy atom. The highest BCUT2D eigenvalue weighted by molar-refractivity contribution is 7.21. The van der Waals surface area contributed by atoms with Gasteiger partial charge >= 0.3 is 5.97 Å². The number of hydrogen-bond donors (Lipinski definition) is 1. The standard InChI is InChI=1S/C23H26N2O2S/c1-22(2)13-17(14-23(3,4)25-22)27-21(26)16-11-9-15(10-12-16)20-24-18-7-5-6-8-19(18)28-20/h5-12,17,25H,13-14H2,1-4H3. The minimum absolute atomic E-state index is 0.0522. The number of rotatable bonds is 3. The third-order valence-corrected chi connectivity index (χ3v) is 6.17. The van der Waals surface area contributed by atoms with E-state index in [1.807, 2.05) is 42.5 Å². The molecule has 1 fully saturated rings. The second kappa shape index (κ2) is 6.98. The number of carbonyl (C=O) groups is 1. The number of benzene rings is 2. The molecule has 146 valence electrons. The lowest BCUT2D eigenvalue weighted by Gasteiger charge is -2.45. The van der Waals surface area contributed by atoms with Gasteiger partial charge in [0.15, 0.2) is 0 Å². The van der Waals surface area contributed by atoms with Crippen molar-refractivity contribution in [3.05, 3.63) is 54.1 Å². The molecule has 0 radical (unpaired) electrons. The largest absolute Gasteiger partial charge is 0.459 e. The lowest BCUT2D eigenvalue weighted by atomic mass is 9.81. The van der Waals surface area contributed by atoms with Crippen molar-refractivity contribution in [2.24, 2.45) is 0 Å². The number of hydrogen-bond acceptors (Lipinski definition) is 5. The highest BCUT2D eigenvalue weighted by atomic mass is 32.1. The van der Waals surface area contributed by atoms with Gasteiger partial charge in [0.2, 0.25) is 0 Å². The Morgan fingerprint density at radius 3 is 2.32 bits per heavy atom. The summed E-state index contributed by atoms with van der Waals surface area (Å²) in [6, 6.07) is 15.7. The molecule has 4 rings (SSSR count). The fourth-order valence-corrected chi connectivity index (χ4v) is 5.25. The summed E-state index contributed by atoms with van der Waals surface area (Å²) in [5, 5.41) is 4.58. The third-order valence-electron chi connectivity index (χ3n) is 5.09. The van der Waals surface area contributed by atoms with Crippen LogP contribution in [0.25, 0.3) is 20.8 Å². The van der Waals surface area contributed by atoms with Crippen LogP contribution >= 0.6 is 11.3 Å². The second-order valence-corrected chi connectivity index (χ2v) is 9.92. The number of esters is 1. The highest BCUT2D eigenvalue weighted by Crippen LogP contribution is 2.32. The number of para-hydroxylation sites is 1. The van der Waals surface area contributed by atoms with E-state index in [0.29, 0.717) is 5.56 Å². The van der Waals surface area contributed by atoms with Crippen LogP contribution < -0.4 is 5.32 Å². The van der Waals surface area contributed by atoms with E-state index in [4.69, 9.17) is 4.74 Å². The molecule has 5 heteroatoms. The predicted molar refractivity (Wildman–Crippen MR) is 115 cm³/mol. The number of nitrogens with zero attached hydrogens (tertiary/aromatic N) is 1. The molecule has 1 aromatic heterocycles. The number of fused-ring (bicyclic) bond motifs is 1. The van der Waals surface area contributed by atoms with Gasteiger partial charge in [0.1, 0.15) is 11.1 Å². The van der Waals surface area contributed by atoms with Gasteiger partial charge in [0.25, 0.3) is 0 Å². The molecule has 1 N–H and O–H groups in total. The minimum atomic E-state index is -0.255. The fourth-order valence-electron chi connectivity index (χ4n) is 4.28. The van der Waals surface area contributed by atoms with Crippen LogP contribution in [0, 0.1) is 0 Å². The van der Waals surface area contributed by atoms with Gasteiger partial charge < -0.3 is 10.1 Å². The molecule has 0 saturated carbocycles. The van der Waals surface area contributed by atoms with Gasteiger partial charge in [0, 0.05) is 29.5 Å². The minimum Gasteiger partial charge on any atom is -0.459 e. The molecule has 0 aliphatic carbocycles. The maximum atomic E-state index is 12.7. The van der Waals surface area contributed by atoms with Gasteiger partial charge in [-0.3, -0.25) is 0 Å². The quantitative estimate of drug-likeness (QED) is 0.602. The molecular formula is C23H26N2O2S. The van der Waals surface area contributed by atoms with Crippen LogP contribution in [-0.4, -0.2) is 28.1 Å². The van der Waals surface area contributed by atoms with Gasteiger partial charge in [-0.15, -0.1) is 11.3 Å². The van der Waals surface area contributed by atoms with Crippen LogP contribution in [0.3, 0.4) is 0 Å². The Labute approximate surface area is 169 Å². The molecule has 0 spiro atoms. The maximum absolute atomic E-state index is 12.7. The number of carbonyl (C=O) groups excluding carboxylic acids is 1. The smallest absolute Gasteiger partial charge is 0.338 e. The fraction of sp³-hybridized carbons (Fsp3) is 0.391. The van der Waals surface area contributed by atoms with E-state index in [9.17, 15) is 4.79 Å². The third kappa shape index (κ3) is 4.10. The van der Waals surface area contributed by atoms with E-state index in [2.05, 4.69) is 44.1 Å². The summed E-state index contributed by atoms with van der Waals surface area (Å²) in [5.74, 6) is -0.255. The van der Waals surface area contributed by atoms with Gasteiger partial charge in [0.05, 0.1) is 15.8 Å². The van der Waals surface area contributed by atoms with Crippen molar-refractivity contribution >= 4 is 27.5 Å². The molecule has 0 atom stereocenters. The van der Waals surface area contributed by atoms with Crippen LogP contribution in [0.2, 0.25) is 0 Å². The maximum Gasteiger partial charge on any atom is 0.338 e. The molecule has 2 aromatic carbocycles. The van der Waals surface area contributed by atoms with Crippen LogP contribution in [0.5, 0.6) is 0 Å². The monoisotopic (exact) mass is 394 g/mol. The average molecular weight is 395 g/mol. The topological polar surface area (TPSA) is 51.2 Å². The molecule has 1 aliphatic heterocycles. The second-order valence-electron chi connectivity index (χ2n) is 8.89. The summed E-state index contributed by atoms with van der Waals surface area (Å²) < 4.78 is 7.01. The summed E-state index contributed by atoms with van der Waals surface area (Å²) in [5.41, 5.74) is 2.50. The summed E-state index contributed by atoms with van der Waals surface area (Å²) >= 11 is 1.66. The Bertz CT molecular complexity index is 956. The van der Waals surface area contributed by atoms with Crippen molar-refractivity contribution < 1.29 is 9.53 Å². The van der Waals surface area contributed by atoms with Crippen LogP contribution in [0.15, 0.2) is 48.5 Å². The van der Waals surface area contributed by atoms with Gasteiger partial charge in [-0.2, -0.15) is 0 Å². The first-order valence-electron chi connectivity index (χ1n) is 9.67. The summed E-state index contributed by atoms with van der Waals surface area (Å²) in [6.45, 7) is 8.62. The number of thiazole rings is 1. The van der Waals surface area contributed by atoms with Crippen molar-refractivity contribution in [1.29, 1.82) is 0 Å². The highest BCUT2D eigenvalue weighted by Gasteiger charge is 2.39. The van der Waals surface area contributed by atoms with Crippen molar-refractivity contribution in [3.63, 3.8) is 0 Å². The molecule has 4 nitrogen and oxygen atoms in total. The van der Waals surface area contributed by atoms with E-state index >= 15 is 0 Å². The molecule has 0 amide bonds. The molecule has 0 unspecified atom stereocenters. The Hall–Kier alpha value is -2.24. The zero-order chi connectivity index (χ0) is 19.9. The lowest BCUT2D eigenvalue weighted by molar-refractivity contribution is -0.00637. The van der Waals surface area contributed by atoms with E-state index in [1.54, 1.807) is 11.3 Å². The van der Waals surface area contributed by atoms with Crippen molar-refractivity contribution in [1.82, 2.24) is 10.3 Å². The SMILES string of the molecule is CC1(C)CC(OC(=O)c2ccc(-c3nc4ccccc4s3)cc2)CC(C)(C)N1. The molecule has 1 aliphatic rings. The van der Waals surface area contributed by atoms with E-state index in [0.717, 1.165) is 33.6 Å². The number of piperidine rings is 1. The molecular weight excluding hydrogens is 368 g/mol. The summed E-state index contributed by atoms with van der Waals surface area (Å²) in [7, 11) is 0. The average Bonchev–Trinajstić information content (AvgIpc) is 3.03. The van der Waals surface area contributed by atoms with Crippen LogP contribution in [-0.2, 0) is 4.74 Å². The zero-order valence-electron chi connectivity index (χ0n) is 16.8. The van der Waals surface area contributed by atoms with Crippen molar-refractivity contribution in [3.8, 4) is 10.6 Å². The molecule has 2 heterocycles. The normalized spacial score (nSPS) is 18.9. The molecule has 1 saturated heterocycles. The Kier molecular flexibility index (Phi) is 4.76. The molecule has 28 heavy (non-hydrogen) atoms. The van der Waals surface area contributed by atoms with Crippen LogP contribution in [0.4, 0.5) is 0 Å². The van der Waals surface area contributed by atoms with Gasteiger partial charge in [-0.05, 0) is 52.0 Å². The predicted octanol–water partition coefficient (Wildman–Crippen LogP) is 5.43.